The van der Waals surface area contributed by atoms with E-state index in [-0.39, 0.29) is 0 Å². The fourth-order valence-electron chi connectivity index (χ4n) is 1.75. The minimum Gasteiger partial charge on any atom is -0.389 e. The molecule has 0 aliphatic carbocycles. The van der Waals surface area contributed by atoms with Gasteiger partial charge >= 0.3 is 0 Å². The van der Waals surface area contributed by atoms with Gasteiger partial charge < -0.3 is 11.1 Å². The Balaban J connectivity index is 2.39. The van der Waals surface area contributed by atoms with Crippen molar-refractivity contribution in [2.75, 3.05) is 11.6 Å². The molecule has 0 atom stereocenters. The number of halogens is 1. The monoisotopic (exact) mass is 400 g/mol. The first-order valence-corrected chi connectivity index (χ1v) is 8.32. The number of thioether (sulfide) groups is 1. The lowest BCUT2D eigenvalue weighted by molar-refractivity contribution is 1.39. The van der Waals surface area contributed by atoms with Crippen LogP contribution >= 0.6 is 46.6 Å². The standard InChI is InChI=1S/C14H13IN2S2/c1-19-12-4-2-3-11(13(12)14(16)18)17-10-7-5-9(15)6-8-10/h2-8,17H,1H3,(H2,16,18). The summed E-state index contributed by atoms with van der Waals surface area (Å²) in [7, 11) is 0. The molecule has 2 aromatic carbocycles. The number of hydrogen-bond donors (Lipinski definition) is 2. The normalized spacial score (nSPS) is 10.2. The van der Waals surface area contributed by atoms with Crippen molar-refractivity contribution in [3.63, 3.8) is 0 Å². The van der Waals surface area contributed by atoms with E-state index in [0.717, 1.165) is 21.8 Å². The molecule has 0 fully saturated rings. The van der Waals surface area contributed by atoms with E-state index in [1.807, 2.05) is 36.6 Å². The molecule has 2 nitrogen and oxygen atoms in total. The number of nitrogens with two attached hydrogens (primary N) is 1. The summed E-state index contributed by atoms with van der Waals surface area (Å²) in [5.74, 6) is 0. The lowest BCUT2D eigenvalue weighted by atomic mass is 10.1. The summed E-state index contributed by atoms with van der Waals surface area (Å²) in [6, 6.07) is 14.2. The molecule has 2 rings (SSSR count). The first-order valence-electron chi connectivity index (χ1n) is 5.61. The van der Waals surface area contributed by atoms with Crippen molar-refractivity contribution in [1.82, 2.24) is 0 Å². The zero-order chi connectivity index (χ0) is 13.8. The quantitative estimate of drug-likeness (QED) is 0.454. The Hall–Kier alpha value is -0.790. The largest absolute Gasteiger partial charge is 0.389 e. The maximum absolute atomic E-state index is 5.85. The van der Waals surface area contributed by atoms with E-state index in [1.54, 1.807) is 11.8 Å². The molecule has 98 valence electrons. The number of thiocarbonyl (C=S) groups is 1. The molecular formula is C14H13IN2S2. The molecule has 0 aromatic heterocycles. The number of hydrogen-bond acceptors (Lipinski definition) is 3. The van der Waals surface area contributed by atoms with Gasteiger partial charge in [-0.25, -0.2) is 0 Å². The molecule has 0 spiro atoms. The van der Waals surface area contributed by atoms with Gasteiger partial charge in [-0.3, -0.25) is 0 Å². The van der Waals surface area contributed by atoms with Crippen LogP contribution in [-0.2, 0) is 0 Å². The maximum Gasteiger partial charge on any atom is 0.107 e. The van der Waals surface area contributed by atoms with Crippen LogP contribution in [0, 0.1) is 3.57 Å². The minimum absolute atomic E-state index is 0.415. The number of anilines is 2. The van der Waals surface area contributed by atoms with Crippen LogP contribution in [0.15, 0.2) is 47.4 Å². The van der Waals surface area contributed by atoms with Gasteiger partial charge in [-0.1, -0.05) is 18.3 Å². The third-order valence-electron chi connectivity index (χ3n) is 2.62. The smallest absolute Gasteiger partial charge is 0.107 e. The Labute approximate surface area is 136 Å². The van der Waals surface area contributed by atoms with Gasteiger partial charge in [0.2, 0.25) is 0 Å². The molecule has 0 bridgehead atoms. The highest BCUT2D eigenvalue weighted by Gasteiger charge is 2.10. The highest BCUT2D eigenvalue weighted by Crippen LogP contribution is 2.29. The summed E-state index contributed by atoms with van der Waals surface area (Å²) in [6.45, 7) is 0. The van der Waals surface area contributed by atoms with Crippen molar-refractivity contribution < 1.29 is 0 Å². The van der Waals surface area contributed by atoms with Crippen molar-refractivity contribution in [1.29, 1.82) is 0 Å². The average Bonchev–Trinajstić information content (AvgIpc) is 2.40. The zero-order valence-corrected chi connectivity index (χ0v) is 14.1. The molecule has 0 aliphatic rings. The van der Waals surface area contributed by atoms with E-state index < -0.39 is 0 Å². The fraction of sp³-hybridized carbons (Fsp3) is 0.0714. The lowest BCUT2D eigenvalue weighted by Crippen LogP contribution is -2.13. The van der Waals surface area contributed by atoms with E-state index in [2.05, 4.69) is 40.0 Å². The van der Waals surface area contributed by atoms with Crippen LogP contribution in [0.25, 0.3) is 0 Å². The van der Waals surface area contributed by atoms with Gasteiger partial charge in [-0.15, -0.1) is 11.8 Å². The van der Waals surface area contributed by atoms with Crippen LogP contribution < -0.4 is 11.1 Å². The maximum atomic E-state index is 5.85. The van der Waals surface area contributed by atoms with Gasteiger partial charge in [-0.2, -0.15) is 0 Å². The Bertz CT molecular complexity index is 597. The molecule has 0 saturated carbocycles. The summed E-state index contributed by atoms with van der Waals surface area (Å²) >= 11 is 9.09. The fourth-order valence-corrected chi connectivity index (χ4v) is 3.03. The molecule has 0 amide bonds. The molecule has 0 aliphatic heterocycles. The van der Waals surface area contributed by atoms with Crippen LogP contribution in [0.3, 0.4) is 0 Å². The summed E-state index contributed by atoms with van der Waals surface area (Å²) in [5, 5.41) is 3.37. The molecule has 0 unspecified atom stereocenters. The predicted octanol–water partition coefficient (Wildman–Crippen LogP) is 4.39. The summed E-state index contributed by atoms with van der Waals surface area (Å²) in [4.78, 5) is 1.50. The number of rotatable bonds is 4. The van der Waals surface area contributed by atoms with Crippen molar-refractivity contribution in [2.24, 2.45) is 5.73 Å². The SMILES string of the molecule is CSc1cccc(Nc2ccc(I)cc2)c1C(N)=S. The number of benzene rings is 2. The van der Waals surface area contributed by atoms with Gasteiger partial charge in [-0.05, 0) is 65.2 Å². The molecule has 0 saturated heterocycles. The van der Waals surface area contributed by atoms with Crippen molar-refractivity contribution in [3.8, 4) is 0 Å². The Morgan fingerprint density at radius 3 is 2.47 bits per heavy atom. The van der Waals surface area contributed by atoms with Crippen LogP contribution in [-0.4, -0.2) is 11.2 Å². The first kappa shape index (κ1) is 14.6. The van der Waals surface area contributed by atoms with Crippen LogP contribution in [0.5, 0.6) is 0 Å². The van der Waals surface area contributed by atoms with Gasteiger partial charge in [0.25, 0.3) is 0 Å². The van der Waals surface area contributed by atoms with Gasteiger partial charge in [0.15, 0.2) is 0 Å². The van der Waals surface area contributed by atoms with Gasteiger partial charge in [0.05, 0.1) is 0 Å². The second-order valence-electron chi connectivity index (χ2n) is 3.88. The molecule has 5 heteroatoms. The van der Waals surface area contributed by atoms with E-state index >= 15 is 0 Å². The van der Waals surface area contributed by atoms with Gasteiger partial charge in [0.1, 0.15) is 4.99 Å². The Morgan fingerprint density at radius 1 is 1.21 bits per heavy atom. The molecule has 19 heavy (non-hydrogen) atoms. The zero-order valence-electron chi connectivity index (χ0n) is 10.3. The summed E-state index contributed by atoms with van der Waals surface area (Å²) in [5.41, 5.74) is 8.72. The molecule has 3 N–H and O–H groups in total. The molecule has 0 radical (unpaired) electrons. The van der Waals surface area contributed by atoms with Gasteiger partial charge in [0, 0.05) is 25.4 Å². The lowest BCUT2D eigenvalue weighted by Gasteiger charge is -2.14. The summed E-state index contributed by atoms with van der Waals surface area (Å²) < 4.78 is 1.20. The molecule has 0 heterocycles. The van der Waals surface area contributed by atoms with E-state index in [0.29, 0.717) is 4.99 Å². The van der Waals surface area contributed by atoms with E-state index in [4.69, 9.17) is 18.0 Å². The number of nitrogens with one attached hydrogen (secondary N) is 1. The first-order chi connectivity index (χ1) is 9.11. The van der Waals surface area contributed by atoms with E-state index in [1.165, 1.54) is 3.57 Å². The highest BCUT2D eigenvalue weighted by atomic mass is 127. The van der Waals surface area contributed by atoms with Crippen molar-refractivity contribution in [2.45, 2.75) is 4.90 Å². The Kier molecular flexibility index (Phi) is 5.06. The Morgan fingerprint density at radius 2 is 1.89 bits per heavy atom. The predicted molar refractivity (Wildman–Crippen MR) is 96.6 cm³/mol. The van der Waals surface area contributed by atoms with Crippen molar-refractivity contribution in [3.05, 3.63) is 51.6 Å². The van der Waals surface area contributed by atoms with Crippen LogP contribution in [0.4, 0.5) is 11.4 Å². The van der Waals surface area contributed by atoms with Crippen LogP contribution in [0.1, 0.15) is 5.56 Å². The average molecular weight is 400 g/mol. The second-order valence-corrected chi connectivity index (χ2v) is 6.41. The molecular weight excluding hydrogens is 387 g/mol. The minimum atomic E-state index is 0.415. The highest BCUT2D eigenvalue weighted by molar-refractivity contribution is 14.1. The van der Waals surface area contributed by atoms with Crippen molar-refractivity contribution >= 4 is 62.9 Å². The third-order valence-corrected chi connectivity index (χ3v) is 4.32. The molecule has 2 aromatic rings. The van der Waals surface area contributed by atoms with Crippen LogP contribution in [0.2, 0.25) is 0 Å². The third kappa shape index (κ3) is 3.61. The topological polar surface area (TPSA) is 38.0 Å². The second kappa shape index (κ2) is 6.58. The summed E-state index contributed by atoms with van der Waals surface area (Å²) in [6.07, 6.45) is 2.02. The van der Waals surface area contributed by atoms with E-state index in [9.17, 15) is 0 Å².